The quantitative estimate of drug-likeness (QED) is 0.609. The topological polar surface area (TPSA) is 67.4 Å². The number of anilines is 2. The molecule has 2 N–H and O–H groups in total. The van der Waals surface area contributed by atoms with E-state index in [0.29, 0.717) is 22.1 Å². The van der Waals surface area contributed by atoms with Crippen molar-refractivity contribution in [1.82, 2.24) is 0 Å². The Labute approximate surface area is 177 Å². The van der Waals surface area contributed by atoms with Crippen LogP contribution in [0.3, 0.4) is 0 Å². The molecule has 0 aliphatic rings. The van der Waals surface area contributed by atoms with Crippen LogP contribution in [-0.2, 0) is 9.59 Å². The number of ether oxygens (including phenoxy) is 1. The molecule has 156 valence electrons. The minimum atomic E-state index is -0.275. The smallest absolute Gasteiger partial charge is 0.262 e. The van der Waals surface area contributed by atoms with E-state index in [-0.39, 0.29) is 30.3 Å². The molecule has 2 aromatic carbocycles. The van der Waals surface area contributed by atoms with E-state index in [2.05, 4.69) is 10.6 Å². The number of nitrogens with one attached hydrogen (secondary N) is 2. The standard InChI is InChI=1S/C23H29ClN2O3/c1-13(2)18-11-19(24)16(6)9-21(18)29-12-22(27)26-20-10-17(8-7-15(20)5)25-23(28)14(3)4/h7-11,13-14H,12H2,1-6H3,(H,25,28)(H,26,27). The minimum Gasteiger partial charge on any atom is -0.483 e. The number of hydrogen-bond acceptors (Lipinski definition) is 3. The third kappa shape index (κ3) is 6.23. The van der Waals surface area contributed by atoms with Gasteiger partial charge in [-0.3, -0.25) is 9.59 Å². The first-order chi connectivity index (χ1) is 13.6. The number of aryl methyl sites for hydroxylation is 2. The Hall–Kier alpha value is -2.53. The number of carbonyl (C=O) groups excluding carboxylic acids is 2. The summed E-state index contributed by atoms with van der Waals surface area (Å²) in [6.07, 6.45) is 0. The van der Waals surface area contributed by atoms with Gasteiger partial charge in [0.1, 0.15) is 5.75 Å². The summed E-state index contributed by atoms with van der Waals surface area (Å²) < 4.78 is 5.79. The van der Waals surface area contributed by atoms with E-state index in [1.54, 1.807) is 6.07 Å². The molecule has 29 heavy (non-hydrogen) atoms. The molecule has 0 unspecified atom stereocenters. The van der Waals surface area contributed by atoms with Crippen LogP contribution in [0.2, 0.25) is 5.02 Å². The fraction of sp³-hybridized carbons (Fsp3) is 0.391. The lowest BCUT2D eigenvalue weighted by molar-refractivity contribution is -0.119. The Bertz CT molecular complexity index is 907. The van der Waals surface area contributed by atoms with Gasteiger partial charge < -0.3 is 15.4 Å². The molecular formula is C23H29ClN2O3. The van der Waals surface area contributed by atoms with E-state index in [1.807, 2.05) is 65.8 Å². The predicted molar refractivity (Wildman–Crippen MR) is 119 cm³/mol. The fourth-order valence-electron chi connectivity index (χ4n) is 2.70. The van der Waals surface area contributed by atoms with Crippen LogP contribution in [0.25, 0.3) is 0 Å². The van der Waals surface area contributed by atoms with E-state index in [4.69, 9.17) is 16.3 Å². The third-order valence-corrected chi connectivity index (χ3v) is 4.98. The van der Waals surface area contributed by atoms with Gasteiger partial charge in [0.25, 0.3) is 5.91 Å². The molecule has 0 atom stereocenters. The van der Waals surface area contributed by atoms with Crippen molar-refractivity contribution >= 4 is 34.8 Å². The second kappa shape index (κ2) is 9.79. The van der Waals surface area contributed by atoms with Crippen molar-refractivity contribution < 1.29 is 14.3 Å². The molecule has 2 aromatic rings. The lowest BCUT2D eigenvalue weighted by Crippen LogP contribution is -2.22. The number of halogens is 1. The molecule has 0 aliphatic heterocycles. The second-order valence-corrected chi connectivity index (χ2v) is 8.21. The van der Waals surface area contributed by atoms with E-state index in [1.165, 1.54) is 0 Å². The number of hydrogen-bond donors (Lipinski definition) is 2. The van der Waals surface area contributed by atoms with Crippen LogP contribution >= 0.6 is 11.6 Å². The van der Waals surface area contributed by atoms with Gasteiger partial charge in [0.05, 0.1) is 0 Å². The van der Waals surface area contributed by atoms with Crippen LogP contribution in [0.1, 0.15) is 50.3 Å². The van der Waals surface area contributed by atoms with Crippen LogP contribution in [0.5, 0.6) is 5.75 Å². The largest absolute Gasteiger partial charge is 0.483 e. The van der Waals surface area contributed by atoms with Crippen molar-refractivity contribution in [3.63, 3.8) is 0 Å². The average molecular weight is 417 g/mol. The summed E-state index contributed by atoms with van der Waals surface area (Å²) in [6.45, 7) is 11.4. The fourth-order valence-corrected chi connectivity index (χ4v) is 2.87. The van der Waals surface area contributed by atoms with Crippen LogP contribution in [-0.4, -0.2) is 18.4 Å². The predicted octanol–water partition coefficient (Wildman–Crippen LogP) is 5.69. The SMILES string of the molecule is Cc1cc(OCC(=O)Nc2cc(NC(=O)C(C)C)ccc2C)c(C(C)C)cc1Cl. The summed E-state index contributed by atoms with van der Waals surface area (Å²) in [4.78, 5) is 24.4. The molecule has 0 heterocycles. The maximum absolute atomic E-state index is 12.5. The number of benzene rings is 2. The summed E-state index contributed by atoms with van der Waals surface area (Å²) in [7, 11) is 0. The highest BCUT2D eigenvalue weighted by molar-refractivity contribution is 6.31. The Morgan fingerprint density at radius 3 is 2.31 bits per heavy atom. The van der Waals surface area contributed by atoms with E-state index >= 15 is 0 Å². The molecule has 0 saturated carbocycles. The highest BCUT2D eigenvalue weighted by Crippen LogP contribution is 2.32. The zero-order chi connectivity index (χ0) is 21.7. The van der Waals surface area contributed by atoms with Crippen LogP contribution in [0.4, 0.5) is 11.4 Å². The molecule has 0 spiro atoms. The monoisotopic (exact) mass is 416 g/mol. The lowest BCUT2D eigenvalue weighted by Gasteiger charge is -2.16. The molecule has 5 nitrogen and oxygen atoms in total. The van der Waals surface area contributed by atoms with Gasteiger partial charge >= 0.3 is 0 Å². The molecule has 0 bridgehead atoms. The molecule has 2 amide bonds. The van der Waals surface area contributed by atoms with Crippen LogP contribution in [0.15, 0.2) is 30.3 Å². The molecule has 0 fully saturated rings. The van der Waals surface area contributed by atoms with Crippen molar-refractivity contribution in [3.05, 3.63) is 52.0 Å². The van der Waals surface area contributed by atoms with E-state index < -0.39 is 0 Å². The number of rotatable bonds is 7. The zero-order valence-electron chi connectivity index (χ0n) is 17.9. The van der Waals surface area contributed by atoms with Crippen LogP contribution < -0.4 is 15.4 Å². The van der Waals surface area contributed by atoms with Gasteiger partial charge in [0.2, 0.25) is 5.91 Å². The van der Waals surface area contributed by atoms with Gasteiger partial charge in [-0.1, -0.05) is 45.4 Å². The zero-order valence-corrected chi connectivity index (χ0v) is 18.6. The Morgan fingerprint density at radius 1 is 1.00 bits per heavy atom. The van der Waals surface area contributed by atoms with Gasteiger partial charge in [-0.25, -0.2) is 0 Å². The number of amides is 2. The molecule has 0 saturated heterocycles. The Balaban J connectivity index is 2.08. The van der Waals surface area contributed by atoms with Crippen molar-refractivity contribution in [2.45, 2.75) is 47.5 Å². The lowest BCUT2D eigenvalue weighted by atomic mass is 10.0. The average Bonchev–Trinajstić information content (AvgIpc) is 2.64. The Morgan fingerprint density at radius 2 is 1.69 bits per heavy atom. The molecule has 0 aromatic heterocycles. The third-order valence-electron chi connectivity index (χ3n) is 4.58. The molecule has 0 aliphatic carbocycles. The minimum absolute atomic E-state index is 0.0752. The molecule has 0 radical (unpaired) electrons. The molecular weight excluding hydrogens is 388 g/mol. The first kappa shape index (κ1) is 22.8. The van der Waals surface area contributed by atoms with E-state index in [0.717, 1.165) is 16.7 Å². The van der Waals surface area contributed by atoms with Crippen molar-refractivity contribution in [3.8, 4) is 5.75 Å². The number of carbonyl (C=O) groups is 2. The van der Waals surface area contributed by atoms with Gasteiger partial charge in [0.15, 0.2) is 6.61 Å². The summed E-state index contributed by atoms with van der Waals surface area (Å²) in [5, 5.41) is 6.38. The van der Waals surface area contributed by atoms with Gasteiger partial charge in [-0.15, -0.1) is 0 Å². The van der Waals surface area contributed by atoms with Gasteiger partial charge in [-0.2, -0.15) is 0 Å². The molecule has 6 heteroatoms. The first-order valence-corrected chi connectivity index (χ1v) is 10.1. The maximum atomic E-state index is 12.5. The summed E-state index contributed by atoms with van der Waals surface area (Å²) >= 11 is 6.22. The summed E-state index contributed by atoms with van der Waals surface area (Å²) in [5.74, 6) is 0.402. The second-order valence-electron chi connectivity index (χ2n) is 7.80. The first-order valence-electron chi connectivity index (χ1n) is 9.72. The van der Waals surface area contributed by atoms with Crippen LogP contribution in [0, 0.1) is 19.8 Å². The van der Waals surface area contributed by atoms with Crippen molar-refractivity contribution in [1.29, 1.82) is 0 Å². The highest BCUT2D eigenvalue weighted by atomic mass is 35.5. The maximum Gasteiger partial charge on any atom is 0.262 e. The highest BCUT2D eigenvalue weighted by Gasteiger charge is 2.14. The molecule has 2 rings (SSSR count). The van der Waals surface area contributed by atoms with Gasteiger partial charge in [-0.05, 0) is 60.7 Å². The Kier molecular flexibility index (Phi) is 7.68. The normalized spacial score (nSPS) is 10.9. The van der Waals surface area contributed by atoms with E-state index in [9.17, 15) is 9.59 Å². The summed E-state index contributed by atoms with van der Waals surface area (Å²) in [5.41, 5.74) is 4.03. The summed E-state index contributed by atoms with van der Waals surface area (Å²) in [6, 6.07) is 9.16. The van der Waals surface area contributed by atoms with Gasteiger partial charge in [0, 0.05) is 22.3 Å². The van der Waals surface area contributed by atoms with Crippen molar-refractivity contribution in [2.24, 2.45) is 5.92 Å². The van der Waals surface area contributed by atoms with Crippen molar-refractivity contribution in [2.75, 3.05) is 17.2 Å².